The number of rotatable bonds is 10. The van der Waals surface area contributed by atoms with E-state index in [-0.39, 0.29) is 5.92 Å². The Kier molecular flexibility index (Phi) is 8.74. The molecule has 0 aliphatic carbocycles. The fraction of sp³-hybridized carbons (Fsp3) is 0.500. The summed E-state index contributed by atoms with van der Waals surface area (Å²) in [4.78, 5) is 61.9. The normalized spacial score (nSPS) is 17.4. The molecule has 0 radical (unpaired) electrons. The van der Waals surface area contributed by atoms with Crippen LogP contribution in [0, 0.1) is 5.92 Å². The molecule has 1 aliphatic rings. The van der Waals surface area contributed by atoms with Crippen molar-refractivity contribution in [2.45, 2.75) is 51.2 Å². The number of benzene rings is 1. The van der Waals surface area contributed by atoms with Gasteiger partial charge in [0.1, 0.15) is 24.1 Å². The molecule has 10 heteroatoms. The molecule has 0 saturated carbocycles. The second-order valence-corrected chi connectivity index (χ2v) is 7.96. The lowest BCUT2D eigenvalue weighted by Crippen LogP contribution is -2.56. The van der Waals surface area contributed by atoms with Gasteiger partial charge in [-0.1, -0.05) is 13.8 Å². The Morgan fingerprint density at radius 1 is 1.19 bits per heavy atom. The van der Waals surface area contributed by atoms with Gasteiger partial charge >= 0.3 is 5.97 Å². The maximum atomic E-state index is 13.2. The Bertz CT molecular complexity index is 854. The van der Waals surface area contributed by atoms with Gasteiger partial charge in [0.2, 0.25) is 11.8 Å². The van der Waals surface area contributed by atoms with E-state index in [0.717, 1.165) is 0 Å². The molecule has 3 amide bonds. The highest BCUT2D eigenvalue weighted by atomic mass is 16.5. The number of nitrogens with one attached hydrogen (secondary N) is 2. The van der Waals surface area contributed by atoms with Crippen molar-refractivity contribution < 1.29 is 33.8 Å². The van der Waals surface area contributed by atoms with Crippen LogP contribution in [0.5, 0.6) is 5.75 Å². The van der Waals surface area contributed by atoms with Crippen LogP contribution in [0.2, 0.25) is 0 Å². The predicted molar refractivity (Wildman–Crippen MR) is 114 cm³/mol. The first-order valence-corrected chi connectivity index (χ1v) is 10.4. The van der Waals surface area contributed by atoms with E-state index in [4.69, 9.17) is 9.84 Å². The van der Waals surface area contributed by atoms with E-state index in [1.165, 1.54) is 12.0 Å². The predicted octanol–water partition coefficient (Wildman–Crippen LogP) is 0.599. The largest absolute Gasteiger partial charge is 0.497 e. The minimum atomic E-state index is -1.22. The lowest BCUT2D eigenvalue weighted by Gasteiger charge is -2.31. The van der Waals surface area contributed by atoms with Gasteiger partial charge in [-0.3, -0.25) is 19.2 Å². The molecule has 0 bridgehead atoms. The van der Waals surface area contributed by atoms with Crippen LogP contribution in [0.3, 0.4) is 0 Å². The van der Waals surface area contributed by atoms with Gasteiger partial charge in [0.15, 0.2) is 0 Å². The molecule has 1 fully saturated rings. The van der Waals surface area contributed by atoms with Gasteiger partial charge in [0.05, 0.1) is 19.6 Å². The minimum Gasteiger partial charge on any atom is -0.497 e. The zero-order valence-corrected chi connectivity index (χ0v) is 18.4. The van der Waals surface area contributed by atoms with Gasteiger partial charge < -0.3 is 30.2 Å². The summed E-state index contributed by atoms with van der Waals surface area (Å²) in [6, 6.07) is 3.59. The first kappa shape index (κ1) is 24.8. The van der Waals surface area contributed by atoms with Crippen molar-refractivity contribution in [3.8, 4) is 5.75 Å². The molecule has 1 saturated heterocycles. The second kappa shape index (κ2) is 11.3. The van der Waals surface area contributed by atoms with Gasteiger partial charge in [-0.05, 0) is 43.0 Å². The number of aldehydes is 1. The summed E-state index contributed by atoms with van der Waals surface area (Å²) in [5, 5.41) is 14.0. The van der Waals surface area contributed by atoms with Crippen LogP contribution in [0.15, 0.2) is 24.3 Å². The molecule has 1 heterocycles. The number of aliphatic carboxylic acids is 1. The number of hydrogen-bond donors (Lipinski definition) is 3. The molecule has 1 unspecified atom stereocenters. The summed E-state index contributed by atoms with van der Waals surface area (Å²) in [5.41, 5.74) is 0.363. The molecular weight excluding hydrogens is 418 g/mol. The highest BCUT2D eigenvalue weighted by Crippen LogP contribution is 2.21. The monoisotopic (exact) mass is 447 g/mol. The first-order chi connectivity index (χ1) is 15.2. The third-order valence-corrected chi connectivity index (χ3v) is 5.30. The number of ether oxygens (including phenoxy) is 1. The Morgan fingerprint density at radius 3 is 2.38 bits per heavy atom. The van der Waals surface area contributed by atoms with Crippen LogP contribution in [0.25, 0.3) is 0 Å². The third kappa shape index (κ3) is 6.29. The number of carboxylic acid groups (broad SMARTS) is 1. The van der Waals surface area contributed by atoms with E-state index < -0.39 is 48.2 Å². The van der Waals surface area contributed by atoms with Crippen LogP contribution < -0.4 is 15.4 Å². The Labute approximate surface area is 186 Å². The minimum absolute atomic E-state index is 0.247. The maximum absolute atomic E-state index is 13.2. The highest BCUT2D eigenvalue weighted by Gasteiger charge is 2.39. The molecule has 1 aromatic carbocycles. The number of likely N-dealkylation sites (tertiary alicyclic amines) is 1. The number of amides is 3. The Morgan fingerprint density at radius 2 is 1.84 bits per heavy atom. The Balaban J connectivity index is 2.11. The zero-order chi connectivity index (χ0) is 23.8. The summed E-state index contributed by atoms with van der Waals surface area (Å²) in [6.45, 7) is 3.90. The number of methoxy groups -OCH3 is 1. The smallest absolute Gasteiger partial charge is 0.305 e. The van der Waals surface area contributed by atoms with E-state index in [2.05, 4.69) is 10.6 Å². The van der Waals surface area contributed by atoms with Crippen molar-refractivity contribution in [1.82, 2.24) is 15.5 Å². The lowest BCUT2D eigenvalue weighted by atomic mass is 10.0. The van der Waals surface area contributed by atoms with E-state index in [0.29, 0.717) is 37.0 Å². The summed E-state index contributed by atoms with van der Waals surface area (Å²) < 4.78 is 5.08. The number of carbonyl (C=O) groups excluding carboxylic acids is 4. The molecule has 1 aromatic rings. The Hall–Kier alpha value is -3.43. The summed E-state index contributed by atoms with van der Waals surface area (Å²) in [5.74, 6) is -2.28. The molecule has 10 nitrogen and oxygen atoms in total. The van der Waals surface area contributed by atoms with Crippen molar-refractivity contribution in [3.05, 3.63) is 29.8 Å². The van der Waals surface area contributed by atoms with Crippen molar-refractivity contribution in [2.24, 2.45) is 5.92 Å². The average Bonchev–Trinajstić information content (AvgIpc) is 3.26. The van der Waals surface area contributed by atoms with Gasteiger partial charge in [-0.15, -0.1) is 0 Å². The fourth-order valence-electron chi connectivity index (χ4n) is 3.56. The molecule has 3 N–H and O–H groups in total. The summed E-state index contributed by atoms with van der Waals surface area (Å²) in [7, 11) is 1.52. The molecule has 174 valence electrons. The molecule has 0 aromatic heterocycles. The van der Waals surface area contributed by atoms with E-state index in [1.54, 1.807) is 38.1 Å². The summed E-state index contributed by atoms with van der Waals surface area (Å²) in [6.07, 6.45) is 0.779. The van der Waals surface area contributed by atoms with E-state index in [1.807, 2.05) is 0 Å². The average molecular weight is 447 g/mol. The second-order valence-electron chi connectivity index (χ2n) is 7.96. The lowest BCUT2D eigenvalue weighted by molar-refractivity contribution is -0.142. The van der Waals surface area contributed by atoms with Crippen LogP contribution in [0.1, 0.15) is 43.5 Å². The van der Waals surface area contributed by atoms with Crippen LogP contribution in [-0.2, 0) is 19.2 Å². The molecule has 3 atom stereocenters. The van der Waals surface area contributed by atoms with Crippen molar-refractivity contribution in [1.29, 1.82) is 0 Å². The number of nitrogens with zero attached hydrogens (tertiary/aromatic N) is 1. The van der Waals surface area contributed by atoms with Crippen LogP contribution in [0.4, 0.5) is 0 Å². The molecular formula is C22H29N3O7. The van der Waals surface area contributed by atoms with Crippen LogP contribution in [-0.4, -0.2) is 71.8 Å². The van der Waals surface area contributed by atoms with Gasteiger partial charge in [-0.2, -0.15) is 0 Å². The standard InChI is InChI=1S/C22H29N3O7/c1-13(2)19(24-20(29)14-6-8-16(32-3)9-7-14)22(31)25-10-4-5-17(25)21(30)23-15(12-26)11-18(27)28/h6-9,12-13,15,17,19H,4-5,10-11H2,1-3H3,(H,23,30)(H,24,29)(H,27,28)/t15-,17?,19-/m0/s1. The number of hydrogen-bond acceptors (Lipinski definition) is 6. The molecule has 32 heavy (non-hydrogen) atoms. The first-order valence-electron chi connectivity index (χ1n) is 10.4. The molecule has 0 spiro atoms. The van der Waals surface area contributed by atoms with E-state index >= 15 is 0 Å². The highest BCUT2D eigenvalue weighted by molar-refractivity contribution is 5.99. The zero-order valence-electron chi connectivity index (χ0n) is 18.4. The molecule has 2 rings (SSSR count). The van der Waals surface area contributed by atoms with Crippen molar-refractivity contribution in [2.75, 3.05) is 13.7 Å². The number of carbonyl (C=O) groups is 5. The third-order valence-electron chi connectivity index (χ3n) is 5.30. The number of carboxylic acids is 1. The van der Waals surface area contributed by atoms with Crippen molar-refractivity contribution >= 4 is 30.0 Å². The SMILES string of the molecule is COc1ccc(C(=O)N[C@H](C(=O)N2CCCC2C(=O)N[C@H](C=O)CC(=O)O)C(C)C)cc1. The van der Waals surface area contributed by atoms with Gasteiger partial charge in [-0.25, -0.2) is 0 Å². The van der Waals surface area contributed by atoms with E-state index in [9.17, 15) is 24.0 Å². The fourth-order valence-corrected chi connectivity index (χ4v) is 3.56. The van der Waals surface area contributed by atoms with Gasteiger partial charge in [0.25, 0.3) is 5.91 Å². The summed E-state index contributed by atoms with van der Waals surface area (Å²) >= 11 is 0. The van der Waals surface area contributed by atoms with Crippen molar-refractivity contribution in [3.63, 3.8) is 0 Å². The van der Waals surface area contributed by atoms with Crippen LogP contribution >= 0.6 is 0 Å². The molecule has 1 aliphatic heterocycles. The topological polar surface area (TPSA) is 142 Å². The maximum Gasteiger partial charge on any atom is 0.305 e. The van der Waals surface area contributed by atoms with Gasteiger partial charge in [0, 0.05) is 12.1 Å². The quantitative estimate of drug-likeness (QED) is 0.446.